The zero-order valence-electron chi connectivity index (χ0n) is 21.7. The van der Waals surface area contributed by atoms with E-state index >= 15 is 0 Å². The lowest BCUT2D eigenvalue weighted by Crippen LogP contribution is -2.43. The van der Waals surface area contributed by atoms with Crippen molar-refractivity contribution in [2.24, 2.45) is 0 Å². The van der Waals surface area contributed by atoms with Crippen molar-refractivity contribution < 1.29 is 17.9 Å². The molecule has 0 bridgehead atoms. The van der Waals surface area contributed by atoms with Gasteiger partial charge in [-0.05, 0) is 64.0 Å². The van der Waals surface area contributed by atoms with Gasteiger partial charge in [0.15, 0.2) is 0 Å². The Balaban J connectivity index is 1.55. The van der Waals surface area contributed by atoms with Crippen molar-refractivity contribution in [1.82, 2.24) is 14.9 Å². The molecule has 1 aliphatic carbocycles. The van der Waals surface area contributed by atoms with Gasteiger partial charge >= 0.3 is 0 Å². The first-order valence-electron chi connectivity index (χ1n) is 12.6. The number of hydrogen-bond donors (Lipinski definition) is 1. The summed E-state index contributed by atoms with van der Waals surface area (Å²) in [5.41, 5.74) is 4.21. The maximum Gasteiger partial charge on any atom is 0.238 e. The van der Waals surface area contributed by atoms with Crippen molar-refractivity contribution in [3.05, 3.63) is 42.2 Å². The number of likely N-dealkylation sites (N-methyl/N-ethyl adjacent to an activating group) is 1. The van der Waals surface area contributed by atoms with Crippen LogP contribution in [0, 0.1) is 0 Å². The van der Waals surface area contributed by atoms with Crippen LogP contribution < -0.4 is 14.4 Å². The van der Waals surface area contributed by atoms with Crippen LogP contribution in [0.25, 0.3) is 22.0 Å². The second-order valence-corrected chi connectivity index (χ2v) is 12.1. The monoisotopic (exact) mass is 523 g/mol. The van der Waals surface area contributed by atoms with E-state index in [-0.39, 0.29) is 17.5 Å². The first kappa shape index (κ1) is 25.4. The number of carbonyl (C=O) groups is 1. The van der Waals surface area contributed by atoms with E-state index in [4.69, 9.17) is 4.74 Å². The van der Waals surface area contributed by atoms with Gasteiger partial charge in [0.1, 0.15) is 5.69 Å². The molecule has 1 amide bonds. The highest BCUT2D eigenvalue weighted by Gasteiger charge is 2.54. The minimum atomic E-state index is -3.54. The number of benzene rings is 1. The highest BCUT2D eigenvalue weighted by Crippen LogP contribution is 2.55. The molecule has 1 fully saturated rings. The van der Waals surface area contributed by atoms with Gasteiger partial charge in [-0.15, -0.1) is 0 Å². The van der Waals surface area contributed by atoms with Gasteiger partial charge in [0, 0.05) is 36.3 Å². The Morgan fingerprint density at radius 2 is 1.92 bits per heavy atom. The number of rotatable bonds is 9. The number of anilines is 2. The Kier molecular flexibility index (Phi) is 6.57. The maximum atomic E-state index is 13.2. The molecule has 2 aliphatic rings. The Labute approximate surface area is 217 Å². The van der Waals surface area contributed by atoms with Crippen LogP contribution in [0.4, 0.5) is 11.4 Å². The lowest BCUT2D eigenvalue weighted by atomic mass is 9.64. The number of fused-ring (bicyclic) bond motifs is 4. The fraction of sp³-hybridized carbons (Fsp3) is 0.444. The van der Waals surface area contributed by atoms with Crippen molar-refractivity contribution in [3.8, 4) is 17.0 Å². The number of aromatic nitrogens is 2. The topological polar surface area (TPSA) is 105 Å². The number of hydrogen-bond acceptors (Lipinski definition) is 7. The first-order valence-corrected chi connectivity index (χ1v) is 14.3. The van der Waals surface area contributed by atoms with Crippen molar-refractivity contribution in [1.29, 1.82) is 0 Å². The average molecular weight is 524 g/mol. The second kappa shape index (κ2) is 9.57. The molecule has 37 heavy (non-hydrogen) atoms. The molecule has 0 unspecified atom stereocenters. The first-order chi connectivity index (χ1) is 17.6. The molecule has 0 radical (unpaired) electrons. The van der Waals surface area contributed by atoms with Gasteiger partial charge in [-0.1, -0.05) is 12.5 Å². The summed E-state index contributed by atoms with van der Waals surface area (Å²) in [6.07, 6.45) is 6.99. The third kappa shape index (κ3) is 4.53. The van der Waals surface area contributed by atoms with E-state index < -0.39 is 15.4 Å². The molecule has 10 heteroatoms. The normalized spacial score (nSPS) is 16.4. The van der Waals surface area contributed by atoms with E-state index in [0.717, 1.165) is 65.5 Å². The molecule has 9 nitrogen and oxygen atoms in total. The summed E-state index contributed by atoms with van der Waals surface area (Å²) < 4.78 is 33.3. The molecule has 1 aliphatic heterocycles. The van der Waals surface area contributed by atoms with E-state index in [9.17, 15) is 13.2 Å². The molecule has 1 spiro atoms. The summed E-state index contributed by atoms with van der Waals surface area (Å²) in [6.45, 7) is 2.86. The highest BCUT2D eigenvalue weighted by atomic mass is 32.2. The van der Waals surface area contributed by atoms with Crippen LogP contribution in [-0.4, -0.2) is 69.2 Å². The molecule has 1 saturated carbocycles. The molecule has 3 aromatic rings. The fourth-order valence-electron chi connectivity index (χ4n) is 5.24. The smallest absolute Gasteiger partial charge is 0.238 e. The van der Waals surface area contributed by atoms with Crippen LogP contribution in [0.5, 0.6) is 5.88 Å². The van der Waals surface area contributed by atoms with E-state index in [2.05, 4.69) is 19.6 Å². The molecule has 5 rings (SSSR count). The van der Waals surface area contributed by atoms with Gasteiger partial charge in [-0.3, -0.25) is 14.5 Å². The van der Waals surface area contributed by atoms with Crippen LogP contribution >= 0.6 is 0 Å². The van der Waals surface area contributed by atoms with Crippen molar-refractivity contribution >= 4 is 38.2 Å². The Hall–Kier alpha value is -3.24. The molecule has 0 atom stereocenters. The van der Waals surface area contributed by atoms with Gasteiger partial charge in [0.25, 0.3) is 0 Å². The molecule has 0 saturated heterocycles. The molecular weight excluding hydrogens is 490 g/mol. The molecule has 2 aromatic heterocycles. The van der Waals surface area contributed by atoms with E-state index in [1.54, 1.807) is 30.3 Å². The number of ether oxygens (including phenoxy) is 1. The van der Waals surface area contributed by atoms with Crippen molar-refractivity contribution in [3.63, 3.8) is 0 Å². The van der Waals surface area contributed by atoms with Crippen molar-refractivity contribution in [2.75, 3.05) is 49.7 Å². The minimum Gasteiger partial charge on any atom is -0.476 e. The number of carbonyl (C=O) groups excluding carboxylic acids is 1. The van der Waals surface area contributed by atoms with Gasteiger partial charge in [0.2, 0.25) is 21.8 Å². The molecule has 196 valence electrons. The van der Waals surface area contributed by atoms with Gasteiger partial charge in [-0.25, -0.2) is 13.4 Å². The van der Waals surface area contributed by atoms with Gasteiger partial charge in [-0.2, -0.15) is 0 Å². The van der Waals surface area contributed by atoms with Crippen LogP contribution in [-0.2, 0) is 20.2 Å². The molecule has 1 aromatic carbocycles. The standard InChI is InChI=1S/C27H33N5O4S/c1-5-37(34,35)30-22-15-19(16-29-25(22)36-13-7-12-31(2)3)18-8-9-21-20(14-18)24-23(17-28-21)32(4)26(33)27(24)10-6-11-27/h8-9,14-17,30H,5-7,10-13H2,1-4H3. The predicted octanol–water partition coefficient (Wildman–Crippen LogP) is 3.79. The van der Waals surface area contributed by atoms with Crippen LogP contribution in [0.2, 0.25) is 0 Å². The lowest BCUT2D eigenvalue weighted by molar-refractivity contribution is -0.125. The summed E-state index contributed by atoms with van der Waals surface area (Å²) in [5.74, 6) is 0.333. The SMILES string of the molecule is CCS(=O)(=O)Nc1cc(-c2ccc3ncc4c(c3c2)C2(CCC2)C(=O)N4C)cnc1OCCCN(C)C. The van der Waals surface area contributed by atoms with Crippen molar-refractivity contribution in [2.45, 2.75) is 38.0 Å². The Bertz CT molecular complexity index is 1470. The largest absolute Gasteiger partial charge is 0.476 e. The van der Waals surface area contributed by atoms with Crippen LogP contribution in [0.3, 0.4) is 0 Å². The van der Waals surface area contributed by atoms with Crippen LogP contribution in [0.15, 0.2) is 36.7 Å². The second-order valence-electron chi connectivity index (χ2n) is 10.1. The summed E-state index contributed by atoms with van der Waals surface area (Å²) in [4.78, 5) is 26.1. The summed E-state index contributed by atoms with van der Waals surface area (Å²) >= 11 is 0. The van der Waals surface area contributed by atoms with Gasteiger partial charge in [0.05, 0.1) is 35.2 Å². The number of pyridine rings is 2. The van der Waals surface area contributed by atoms with E-state index in [0.29, 0.717) is 12.3 Å². The quantitative estimate of drug-likeness (QED) is 0.426. The molecule has 3 heterocycles. The van der Waals surface area contributed by atoms with Crippen LogP contribution in [0.1, 0.15) is 38.2 Å². The number of sulfonamides is 1. The number of nitrogens with zero attached hydrogens (tertiary/aromatic N) is 4. The Morgan fingerprint density at radius 1 is 1.14 bits per heavy atom. The zero-order valence-corrected chi connectivity index (χ0v) is 22.6. The Morgan fingerprint density at radius 3 is 2.59 bits per heavy atom. The zero-order chi connectivity index (χ0) is 26.4. The summed E-state index contributed by atoms with van der Waals surface area (Å²) in [7, 11) is 2.26. The van der Waals surface area contributed by atoms with Gasteiger partial charge < -0.3 is 14.5 Å². The van der Waals surface area contributed by atoms with E-state index in [1.165, 1.54) is 0 Å². The summed E-state index contributed by atoms with van der Waals surface area (Å²) in [6, 6.07) is 7.69. The third-order valence-electron chi connectivity index (χ3n) is 7.43. The number of nitrogens with one attached hydrogen (secondary N) is 1. The molecule has 1 N–H and O–H groups in total. The molecular formula is C27H33N5O4S. The lowest BCUT2D eigenvalue weighted by Gasteiger charge is -2.37. The fourth-order valence-corrected chi connectivity index (χ4v) is 5.86. The summed E-state index contributed by atoms with van der Waals surface area (Å²) in [5, 5.41) is 0.951. The highest BCUT2D eigenvalue weighted by molar-refractivity contribution is 7.92. The maximum absolute atomic E-state index is 13.2. The predicted molar refractivity (Wildman–Crippen MR) is 146 cm³/mol. The number of amides is 1. The van der Waals surface area contributed by atoms with E-state index in [1.807, 2.05) is 39.3 Å². The minimum absolute atomic E-state index is 0.0608. The average Bonchev–Trinajstić information content (AvgIpc) is 3.09. The third-order valence-corrected chi connectivity index (χ3v) is 8.72.